The van der Waals surface area contributed by atoms with Gasteiger partial charge in [-0.2, -0.15) is 0 Å². The highest BCUT2D eigenvalue weighted by Gasteiger charge is 2.16. The number of benzene rings is 1. The summed E-state index contributed by atoms with van der Waals surface area (Å²) in [5.74, 6) is -4.02. The molecule has 0 fully saturated rings. The molecule has 0 N–H and O–H groups in total. The topological polar surface area (TPSA) is 4.36 Å². The van der Waals surface area contributed by atoms with Gasteiger partial charge in [-0.3, -0.25) is 0 Å². The van der Waals surface area contributed by atoms with E-state index in [4.69, 9.17) is 6.57 Å². The van der Waals surface area contributed by atoms with Crippen molar-refractivity contribution in [2.75, 3.05) is 0 Å². The number of hydrogen-bond acceptors (Lipinski definition) is 0. The Hall–Kier alpha value is -1.50. The Morgan fingerprint density at radius 2 is 1.69 bits per heavy atom. The van der Waals surface area contributed by atoms with Gasteiger partial charge in [0.05, 0.1) is 0 Å². The van der Waals surface area contributed by atoms with Crippen molar-refractivity contribution in [3.8, 4) is 0 Å². The largest absolute Gasteiger partial charge is 0.309 e. The fourth-order valence-corrected chi connectivity index (χ4v) is 0.891. The Morgan fingerprint density at radius 1 is 1.23 bits per heavy atom. The minimum atomic E-state index is -1.50. The molecule has 4 heteroatoms. The van der Waals surface area contributed by atoms with Crippen molar-refractivity contribution in [1.29, 1.82) is 0 Å². The van der Waals surface area contributed by atoms with Crippen LogP contribution >= 0.6 is 0 Å². The second-order valence-electron chi connectivity index (χ2n) is 2.60. The van der Waals surface area contributed by atoms with Gasteiger partial charge in [0, 0.05) is 12.5 Å². The Balaban J connectivity index is 3.22. The fraction of sp³-hybridized carbons (Fsp3) is 0.222. The van der Waals surface area contributed by atoms with E-state index in [1.165, 1.54) is 6.92 Å². The van der Waals surface area contributed by atoms with Crippen molar-refractivity contribution in [1.82, 2.24) is 0 Å². The summed E-state index contributed by atoms with van der Waals surface area (Å²) in [6, 6.07) is 1.01. The minimum Gasteiger partial charge on any atom is -0.309 e. The van der Waals surface area contributed by atoms with Crippen molar-refractivity contribution < 1.29 is 13.2 Å². The molecule has 1 rings (SSSR count). The zero-order chi connectivity index (χ0) is 10.0. The van der Waals surface area contributed by atoms with Crippen LogP contribution in [0.5, 0.6) is 0 Å². The van der Waals surface area contributed by atoms with E-state index >= 15 is 0 Å². The van der Waals surface area contributed by atoms with E-state index in [9.17, 15) is 13.2 Å². The molecule has 1 aromatic carbocycles. The maximum atomic E-state index is 12.6. The average molecular weight is 185 g/mol. The normalized spacial score (nSPS) is 12.2. The van der Waals surface area contributed by atoms with Crippen LogP contribution in [0.3, 0.4) is 0 Å². The van der Waals surface area contributed by atoms with Crippen LogP contribution in [0.4, 0.5) is 13.2 Å². The van der Waals surface area contributed by atoms with Gasteiger partial charge in [-0.1, -0.05) is 0 Å². The van der Waals surface area contributed by atoms with Crippen LogP contribution < -0.4 is 0 Å². The van der Waals surface area contributed by atoms with Gasteiger partial charge in [-0.05, 0) is 12.1 Å². The first-order valence-electron chi connectivity index (χ1n) is 3.57. The molecule has 0 saturated heterocycles. The van der Waals surface area contributed by atoms with Crippen LogP contribution in [-0.4, -0.2) is 0 Å². The molecular weight excluding hydrogens is 179 g/mol. The molecule has 0 aliphatic rings. The van der Waals surface area contributed by atoms with E-state index in [-0.39, 0.29) is 5.56 Å². The average Bonchev–Trinajstić information content (AvgIpc) is 2.12. The van der Waals surface area contributed by atoms with Gasteiger partial charge < -0.3 is 4.85 Å². The highest BCUT2D eigenvalue weighted by Crippen LogP contribution is 2.21. The lowest BCUT2D eigenvalue weighted by Crippen LogP contribution is -1.95. The van der Waals surface area contributed by atoms with Crippen LogP contribution in [0.25, 0.3) is 4.85 Å². The number of halogens is 3. The zero-order valence-corrected chi connectivity index (χ0v) is 6.81. The van der Waals surface area contributed by atoms with Crippen molar-refractivity contribution in [3.05, 3.63) is 46.6 Å². The smallest absolute Gasteiger partial charge is 0.246 e. The number of nitrogens with zero attached hydrogens (tertiary/aromatic N) is 1. The molecule has 0 saturated carbocycles. The van der Waals surface area contributed by atoms with Gasteiger partial charge in [0.25, 0.3) is 0 Å². The van der Waals surface area contributed by atoms with E-state index in [1.807, 2.05) is 0 Å². The first kappa shape index (κ1) is 9.59. The van der Waals surface area contributed by atoms with Gasteiger partial charge >= 0.3 is 0 Å². The van der Waals surface area contributed by atoms with E-state index in [0.29, 0.717) is 0 Å². The first-order chi connectivity index (χ1) is 6.06. The van der Waals surface area contributed by atoms with Crippen LogP contribution in [0.15, 0.2) is 12.1 Å². The van der Waals surface area contributed by atoms with Crippen molar-refractivity contribution >= 4 is 0 Å². The molecule has 1 atom stereocenters. The Labute approximate surface area is 73.6 Å². The van der Waals surface area contributed by atoms with E-state index in [0.717, 1.165) is 12.1 Å². The van der Waals surface area contributed by atoms with E-state index < -0.39 is 23.5 Å². The van der Waals surface area contributed by atoms with Gasteiger partial charge in [-0.25, -0.2) is 19.7 Å². The molecule has 1 nitrogen and oxygen atoms in total. The predicted octanol–water partition coefficient (Wildman–Crippen LogP) is 3.08. The maximum absolute atomic E-state index is 12.6. The van der Waals surface area contributed by atoms with Crippen molar-refractivity contribution in [3.63, 3.8) is 0 Å². The third kappa shape index (κ3) is 1.81. The quantitative estimate of drug-likeness (QED) is 0.467. The summed E-state index contributed by atoms with van der Waals surface area (Å²) >= 11 is 0. The van der Waals surface area contributed by atoms with Gasteiger partial charge in [0.2, 0.25) is 6.04 Å². The molecule has 1 unspecified atom stereocenters. The molecule has 0 spiro atoms. The summed E-state index contributed by atoms with van der Waals surface area (Å²) in [6.45, 7) is 8.11. The van der Waals surface area contributed by atoms with Crippen LogP contribution in [0.1, 0.15) is 18.5 Å². The molecule has 0 heterocycles. The fourth-order valence-electron chi connectivity index (χ4n) is 0.891. The lowest BCUT2D eigenvalue weighted by molar-refractivity contribution is 0.445. The molecule has 0 bridgehead atoms. The molecule has 0 amide bonds. The van der Waals surface area contributed by atoms with Gasteiger partial charge in [-0.15, -0.1) is 0 Å². The second-order valence-corrected chi connectivity index (χ2v) is 2.60. The number of rotatable bonds is 1. The van der Waals surface area contributed by atoms with Crippen molar-refractivity contribution in [2.24, 2.45) is 0 Å². The van der Waals surface area contributed by atoms with E-state index in [2.05, 4.69) is 4.85 Å². The van der Waals surface area contributed by atoms with Crippen LogP contribution in [0.2, 0.25) is 0 Å². The standard InChI is InChI=1S/C9H6F3N/c1-5(13-2)6-3-7(10)9(12)8(11)4-6/h3-5H,1H3. The monoisotopic (exact) mass is 185 g/mol. The highest BCUT2D eigenvalue weighted by molar-refractivity contribution is 5.23. The van der Waals surface area contributed by atoms with Crippen LogP contribution in [0, 0.1) is 24.0 Å². The second kappa shape index (κ2) is 3.48. The lowest BCUT2D eigenvalue weighted by atomic mass is 10.1. The summed E-state index contributed by atoms with van der Waals surface area (Å²) < 4.78 is 37.7. The summed E-state index contributed by atoms with van der Waals surface area (Å²) in [6.07, 6.45) is 0. The number of hydrogen-bond donors (Lipinski definition) is 0. The zero-order valence-electron chi connectivity index (χ0n) is 6.81. The summed E-state index contributed by atoms with van der Waals surface area (Å²) in [7, 11) is 0. The molecule has 0 aliphatic heterocycles. The minimum absolute atomic E-state index is 0.145. The van der Waals surface area contributed by atoms with Gasteiger partial charge in [0.1, 0.15) is 0 Å². The van der Waals surface area contributed by atoms with Crippen LogP contribution in [-0.2, 0) is 0 Å². The Bertz CT molecular complexity index is 345. The first-order valence-corrected chi connectivity index (χ1v) is 3.57. The SMILES string of the molecule is [C-]#[N+]C(C)c1cc(F)c(F)c(F)c1. The Morgan fingerprint density at radius 3 is 2.08 bits per heavy atom. The summed E-state index contributed by atoms with van der Waals surface area (Å²) in [5.41, 5.74) is 0.145. The third-order valence-electron chi connectivity index (χ3n) is 1.68. The third-order valence-corrected chi connectivity index (χ3v) is 1.68. The highest BCUT2D eigenvalue weighted by atomic mass is 19.2. The van der Waals surface area contributed by atoms with E-state index in [1.54, 1.807) is 0 Å². The molecule has 0 aliphatic carbocycles. The molecule has 13 heavy (non-hydrogen) atoms. The summed E-state index contributed by atoms with van der Waals surface area (Å²) in [5, 5.41) is 0. The molecule has 0 aromatic heterocycles. The molecular formula is C9H6F3N. The summed E-state index contributed by atoms with van der Waals surface area (Å²) in [4.78, 5) is 3.06. The molecule has 0 radical (unpaired) electrons. The predicted molar refractivity (Wildman–Crippen MR) is 41.3 cm³/mol. The lowest BCUT2D eigenvalue weighted by Gasteiger charge is -2.01. The van der Waals surface area contributed by atoms with Gasteiger partial charge in [0.15, 0.2) is 17.5 Å². The molecule has 68 valence electrons. The maximum Gasteiger partial charge on any atom is 0.246 e. The van der Waals surface area contributed by atoms with Crippen molar-refractivity contribution in [2.45, 2.75) is 13.0 Å². The molecule has 1 aromatic rings. The Kier molecular flexibility index (Phi) is 2.57.